The number of fused-ring (bicyclic) bond motifs is 4. The standard InChI is InChI=1S/C71H49N/c1-4-18-50(19-5-1)55-22-14-24-57(46-55)59-26-16-31-65(49-59)72(63-42-38-52(39-43-63)56-23-15-25-58(47-56)60-37-36-51-20-10-11-21-54(51)48-60)64-44-40-53(41-45-64)66-33-17-35-69-70(66)67-32-12-13-34-68(67)71(69,61-27-6-2-7-28-61)62-29-8-3-9-30-62/h1-49H. The maximum Gasteiger partial charge on any atom is 0.0713 e. The van der Waals surface area contributed by atoms with Gasteiger partial charge in [0.15, 0.2) is 0 Å². The van der Waals surface area contributed by atoms with Gasteiger partial charge in [0.25, 0.3) is 0 Å². The summed E-state index contributed by atoms with van der Waals surface area (Å²) in [5.74, 6) is 0. The maximum atomic E-state index is 2.39. The van der Waals surface area contributed by atoms with Crippen molar-refractivity contribution in [3.05, 3.63) is 320 Å². The Labute approximate surface area is 422 Å². The summed E-state index contributed by atoms with van der Waals surface area (Å²) in [7, 11) is 0. The molecule has 0 aliphatic heterocycles. The number of hydrogen-bond acceptors (Lipinski definition) is 1. The average molecular weight is 916 g/mol. The van der Waals surface area contributed by atoms with Crippen LogP contribution in [0.15, 0.2) is 297 Å². The van der Waals surface area contributed by atoms with Gasteiger partial charge in [-0.15, -0.1) is 0 Å². The fraction of sp³-hybridized carbons (Fsp3) is 0.0141. The third kappa shape index (κ3) is 7.51. The molecule has 13 rings (SSSR count). The molecule has 0 N–H and O–H groups in total. The molecule has 0 saturated carbocycles. The van der Waals surface area contributed by atoms with Gasteiger partial charge in [-0.3, -0.25) is 0 Å². The molecule has 0 amide bonds. The molecule has 12 aromatic rings. The molecule has 0 bridgehead atoms. The first-order valence-electron chi connectivity index (χ1n) is 24.9. The minimum absolute atomic E-state index is 0.462. The Morgan fingerprint density at radius 3 is 1.28 bits per heavy atom. The van der Waals surface area contributed by atoms with Gasteiger partial charge in [0.1, 0.15) is 0 Å². The van der Waals surface area contributed by atoms with E-state index in [1.807, 2.05) is 0 Å². The van der Waals surface area contributed by atoms with Crippen LogP contribution in [0.2, 0.25) is 0 Å². The van der Waals surface area contributed by atoms with Gasteiger partial charge in [-0.05, 0) is 154 Å². The molecule has 0 heterocycles. The Hall–Kier alpha value is -9.30. The number of benzene rings is 12. The highest BCUT2D eigenvalue weighted by Gasteiger charge is 2.46. The van der Waals surface area contributed by atoms with Crippen molar-refractivity contribution in [2.75, 3.05) is 4.90 Å². The molecule has 1 nitrogen and oxygen atoms in total. The van der Waals surface area contributed by atoms with Gasteiger partial charge in [0.05, 0.1) is 5.41 Å². The highest BCUT2D eigenvalue weighted by atomic mass is 15.1. The zero-order chi connectivity index (χ0) is 47.8. The number of nitrogens with zero attached hydrogens (tertiary/aromatic N) is 1. The largest absolute Gasteiger partial charge is 0.310 e. The second-order valence-corrected chi connectivity index (χ2v) is 18.8. The highest BCUT2D eigenvalue weighted by Crippen LogP contribution is 2.58. The van der Waals surface area contributed by atoms with Crippen molar-refractivity contribution < 1.29 is 0 Å². The maximum absolute atomic E-state index is 2.39. The molecule has 0 saturated heterocycles. The SMILES string of the molecule is c1ccc(-c2cccc(-c3cccc(N(c4ccc(-c5cccc(-c6ccc7ccccc7c6)c5)cc4)c4ccc(-c5cccc6c5-c5ccccc5C6(c5ccccc5)c5ccccc5)cc4)c3)c2)cc1. The Balaban J connectivity index is 0.910. The van der Waals surface area contributed by atoms with Gasteiger partial charge in [-0.2, -0.15) is 0 Å². The lowest BCUT2D eigenvalue weighted by atomic mass is 9.67. The molecule has 0 unspecified atom stereocenters. The first-order valence-corrected chi connectivity index (χ1v) is 24.9. The first kappa shape index (κ1) is 42.8. The van der Waals surface area contributed by atoms with Gasteiger partial charge < -0.3 is 4.90 Å². The van der Waals surface area contributed by atoms with E-state index in [-0.39, 0.29) is 0 Å². The van der Waals surface area contributed by atoms with Crippen LogP contribution < -0.4 is 4.90 Å². The van der Waals surface area contributed by atoms with Gasteiger partial charge in [-0.1, -0.05) is 243 Å². The van der Waals surface area contributed by atoms with E-state index in [9.17, 15) is 0 Å². The van der Waals surface area contributed by atoms with Gasteiger partial charge in [0.2, 0.25) is 0 Å². The molecule has 0 spiro atoms. The summed E-state index contributed by atoms with van der Waals surface area (Å²) >= 11 is 0. The van der Waals surface area contributed by atoms with Crippen molar-refractivity contribution >= 4 is 27.8 Å². The Morgan fingerprint density at radius 1 is 0.222 bits per heavy atom. The van der Waals surface area contributed by atoms with E-state index in [1.54, 1.807) is 0 Å². The van der Waals surface area contributed by atoms with Crippen LogP contribution in [-0.2, 0) is 5.41 Å². The molecule has 338 valence electrons. The minimum Gasteiger partial charge on any atom is -0.310 e. The summed E-state index contributed by atoms with van der Waals surface area (Å²) in [6.45, 7) is 0. The van der Waals surface area contributed by atoms with Crippen molar-refractivity contribution in [2.24, 2.45) is 0 Å². The van der Waals surface area contributed by atoms with E-state index in [0.717, 1.165) is 22.6 Å². The number of hydrogen-bond donors (Lipinski definition) is 0. The molecule has 0 fully saturated rings. The molecule has 1 aliphatic rings. The van der Waals surface area contributed by atoms with Crippen molar-refractivity contribution in [2.45, 2.75) is 5.41 Å². The number of rotatable bonds is 10. The van der Waals surface area contributed by atoms with Crippen molar-refractivity contribution in [3.63, 3.8) is 0 Å². The summed E-state index contributed by atoms with van der Waals surface area (Å²) in [5, 5.41) is 2.50. The predicted octanol–water partition coefficient (Wildman–Crippen LogP) is 19.0. The van der Waals surface area contributed by atoms with Crippen LogP contribution >= 0.6 is 0 Å². The quantitative estimate of drug-likeness (QED) is 0.132. The highest BCUT2D eigenvalue weighted by molar-refractivity contribution is 5.96. The van der Waals surface area contributed by atoms with Crippen LogP contribution in [0.25, 0.3) is 77.5 Å². The molecular weight excluding hydrogens is 867 g/mol. The molecule has 0 aromatic heterocycles. The smallest absolute Gasteiger partial charge is 0.0713 e. The Bertz CT molecular complexity index is 3850. The normalized spacial score (nSPS) is 12.3. The second-order valence-electron chi connectivity index (χ2n) is 18.8. The topological polar surface area (TPSA) is 3.24 Å². The van der Waals surface area contributed by atoms with E-state index in [1.165, 1.54) is 94.2 Å². The monoisotopic (exact) mass is 915 g/mol. The van der Waals surface area contributed by atoms with E-state index >= 15 is 0 Å². The second kappa shape index (κ2) is 18.2. The Kier molecular flexibility index (Phi) is 10.8. The first-order chi connectivity index (χ1) is 35.7. The zero-order valence-corrected chi connectivity index (χ0v) is 39.7. The third-order valence-electron chi connectivity index (χ3n) is 14.7. The van der Waals surface area contributed by atoms with E-state index in [0.29, 0.717) is 0 Å². The summed E-state index contributed by atoms with van der Waals surface area (Å²) in [4.78, 5) is 2.39. The van der Waals surface area contributed by atoms with Gasteiger partial charge >= 0.3 is 0 Å². The van der Waals surface area contributed by atoms with Crippen LogP contribution in [0.4, 0.5) is 17.1 Å². The molecule has 1 heteroatoms. The number of anilines is 3. The summed E-state index contributed by atoms with van der Waals surface area (Å²) in [5.41, 5.74) is 22.4. The van der Waals surface area contributed by atoms with E-state index in [2.05, 4.69) is 302 Å². The van der Waals surface area contributed by atoms with Crippen molar-refractivity contribution in [3.8, 4) is 66.8 Å². The Morgan fingerprint density at radius 2 is 0.639 bits per heavy atom. The van der Waals surface area contributed by atoms with Gasteiger partial charge in [-0.25, -0.2) is 0 Å². The lowest BCUT2D eigenvalue weighted by molar-refractivity contribution is 0.768. The van der Waals surface area contributed by atoms with Crippen molar-refractivity contribution in [1.82, 2.24) is 0 Å². The van der Waals surface area contributed by atoms with Crippen LogP contribution in [0.3, 0.4) is 0 Å². The molecular formula is C71H49N. The van der Waals surface area contributed by atoms with Crippen LogP contribution in [0, 0.1) is 0 Å². The van der Waals surface area contributed by atoms with E-state index < -0.39 is 5.41 Å². The summed E-state index contributed by atoms with van der Waals surface area (Å²) < 4.78 is 0. The summed E-state index contributed by atoms with van der Waals surface area (Å²) in [6.07, 6.45) is 0. The van der Waals surface area contributed by atoms with Gasteiger partial charge in [0, 0.05) is 17.1 Å². The van der Waals surface area contributed by atoms with E-state index in [4.69, 9.17) is 0 Å². The zero-order valence-electron chi connectivity index (χ0n) is 39.7. The molecule has 72 heavy (non-hydrogen) atoms. The third-order valence-corrected chi connectivity index (χ3v) is 14.7. The van der Waals surface area contributed by atoms with Crippen LogP contribution in [0.1, 0.15) is 22.3 Å². The molecule has 1 aliphatic carbocycles. The lowest BCUT2D eigenvalue weighted by Gasteiger charge is -2.34. The van der Waals surface area contributed by atoms with Crippen LogP contribution in [-0.4, -0.2) is 0 Å². The summed E-state index contributed by atoms with van der Waals surface area (Å²) in [6, 6.07) is 109. The predicted molar refractivity (Wildman–Crippen MR) is 303 cm³/mol. The minimum atomic E-state index is -0.462. The molecule has 0 atom stereocenters. The average Bonchev–Trinajstić information content (AvgIpc) is 3.78. The lowest BCUT2D eigenvalue weighted by Crippen LogP contribution is -2.28. The molecule has 12 aromatic carbocycles. The molecule has 0 radical (unpaired) electrons. The van der Waals surface area contributed by atoms with Crippen molar-refractivity contribution in [1.29, 1.82) is 0 Å². The fourth-order valence-corrected chi connectivity index (χ4v) is 11.4. The fourth-order valence-electron chi connectivity index (χ4n) is 11.4. The van der Waals surface area contributed by atoms with Crippen LogP contribution in [0.5, 0.6) is 0 Å².